The van der Waals surface area contributed by atoms with Crippen molar-refractivity contribution in [2.45, 2.75) is 19.6 Å². The molecule has 1 aliphatic rings. The summed E-state index contributed by atoms with van der Waals surface area (Å²) in [6.07, 6.45) is 2.06. The van der Waals surface area contributed by atoms with E-state index in [9.17, 15) is 4.79 Å². The molecule has 3 aromatic rings. The first-order valence-electron chi connectivity index (χ1n) is 9.43. The minimum Gasteiger partial charge on any atom is -0.375 e. The number of nitrogens with one attached hydrogen (secondary N) is 1. The molecule has 3 heterocycles. The Morgan fingerprint density at radius 3 is 2.86 bits per heavy atom. The smallest absolute Gasteiger partial charge is 0.262 e. The van der Waals surface area contributed by atoms with Gasteiger partial charge in [0.2, 0.25) is 0 Å². The third-order valence-electron chi connectivity index (χ3n) is 4.78. The number of aromatic nitrogens is 1. The zero-order valence-electron chi connectivity index (χ0n) is 15.8. The number of nitrogens with zero attached hydrogens (tertiary/aromatic N) is 2. The van der Waals surface area contributed by atoms with Crippen LogP contribution in [-0.4, -0.2) is 36.7 Å². The standard InChI is InChI=1S/C22H23N3O2S/c1-16-15-25(10-11-27-16)20-8-7-17(13-23-20)14-24-22(26)21-19(9-12-28-21)18-5-3-2-4-6-18/h2-9,12-13,16H,10-11,14-15H2,1H3,(H,24,26). The van der Waals surface area contributed by atoms with Crippen molar-refractivity contribution in [3.05, 3.63) is 70.5 Å². The Bertz CT molecular complexity index is 924. The molecule has 1 saturated heterocycles. The molecule has 1 aliphatic heterocycles. The van der Waals surface area contributed by atoms with Gasteiger partial charge in [0.1, 0.15) is 5.82 Å². The van der Waals surface area contributed by atoms with Crippen molar-refractivity contribution >= 4 is 23.1 Å². The predicted octanol–water partition coefficient (Wildman–Crippen LogP) is 3.97. The van der Waals surface area contributed by atoms with Crippen molar-refractivity contribution in [2.24, 2.45) is 0 Å². The fraction of sp³-hybridized carbons (Fsp3) is 0.273. The van der Waals surface area contributed by atoms with Crippen molar-refractivity contribution in [1.29, 1.82) is 0 Å². The highest BCUT2D eigenvalue weighted by Gasteiger charge is 2.18. The minimum atomic E-state index is -0.0556. The van der Waals surface area contributed by atoms with Crippen LogP contribution in [0.2, 0.25) is 0 Å². The lowest BCUT2D eigenvalue weighted by molar-refractivity contribution is 0.0529. The second-order valence-electron chi connectivity index (χ2n) is 6.86. The highest BCUT2D eigenvalue weighted by atomic mass is 32.1. The molecule has 1 atom stereocenters. The van der Waals surface area contributed by atoms with Crippen molar-refractivity contribution < 1.29 is 9.53 Å². The lowest BCUT2D eigenvalue weighted by atomic mass is 10.1. The summed E-state index contributed by atoms with van der Waals surface area (Å²) in [4.78, 5) is 20.2. The van der Waals surface area contributed by atoms with Crippen LogP contribution in [-0.2, 0) is 11.3 Å². The first kappa shape index (κ1) is 18.7. The van der Waals surface area contributed by atoms with Crippen LogP contribution in [0.5, 0.6) is 0 Å². The van der Waals surface area contributed by atoms with Gasteiger partial charge in [0, 0.05) is 31.4 Å². The number of benzene rings is 1. The Labute approximate surface area is 169 Å². The molecule has 5 nitrogen and oxygen atoms in total. The van der Waals surface area contributed by atoms with Crippen LogP contribution in [0.25, 0.3) is 11.1 Å². The fourth-order valence-electron chi connectivity index (χ4n) is 3.33. The van der Waals surface area contributed by atoms with E-state index in [-0.39, 0.29) is 12.0 Å². The Hall–Kier alpha value is -2.70. The number of morpholine rings is 1. The van der Waals surface area contributed by atoms with Gasteiger partial charge in [0.05, 0.1) is 17.6 Å². The van der Waals surface area contributed by atoms with Gasteiger partial charge in [-0.2, -0.15) is 0 Å². The SMILES string of the molecule is CC1CN(c2ccc(CNC(=O)c3sccc3-c3ccccc3)cn2)CCO1. The molecule has 144 valence electrons. The zero-order valence-corrected chi connectivity index (χ0v) is 16.6. The van der Waals surface area contributed by atoms with E-state index in [4.69, 9.17) is 4.74 Å². The molecule has 0 saturated carbocycles. The van der Waals surface area contributed by atoms with E-state index in [1.54, 1.807) is 0 Å². The van der Waals surface area contributed by atoms with Crippen LogP contribution >= 0.6 is 11.3 Å². The van der Waals surface area contributed by atoms with Crippen molar-refractivity contribution in [2.75, 3.05) is 24.6 Å². The van der Waals surface area contributed by atoms with E-state index in [1.807, 2.05) is 60.1 Å². The van der Waals surface area contributed by atoms with Gasteiger partial charge >= 0.3 is 0 Å². The molecule has 0 aliphatic carbocycles. The van der Waals surface area contributed by atoms with Gasteiger partial charge < -0.3 is 15.0 Å². The summed E-state index contributed by atoms with van der Waals surface area (Å²) >= 11 is 1.46. The first-order chi connectivity index (χ1) is 13.7. The zero-order chi connectivity index (χ0) is 19.3. The second-order valence-corrected chi connectivity index (χ2v) is 7.78. The van der Waals surface area contributed by atoms with E-state index in [1.165, 1.54) is 11.3 Å². The number of ether oxygens (including phenoxy) is 1. The van der Waals surface area contributed by atoms with Crippen molar-refractivity contribution in [1.82, 2.24) is 10.3 Å². The number of hydrogen-bond acceptors (Lipinski definition) is 5. The van der Waals surface area contributed by atoms with E-state index < -0.39 is 0 Å². The maximum Gasteiger partial charge on any atom is 0.262 e. The summed E-state index contributed by atoms with van der Waals surface area (Å²) in [6, 6.07) is 16.0. The van der Waals surface area contributed by atoms with Crippen LogP contribution in [0.15, 0.2) is 60.1 Å². The third-order valence-corrected chi connectivity index (χ3v) is 5.70. The second kappa shape index (κ2) is 8.54. The molecule has 28 heavy (non-hydrogen) atoms. The van der Waals surface area contributed by atoms with Gasteiger partial charge in [0.25, 0.3) is 5.91 Å². The van der Waals surface area contributed by atoms with E-state index >= 15 is 0 Å². The summed E-state index contributed by atoms with van der Waals surface area (Å²) in [5.74, 6) is 0.898. The van der Waals surface area contributed by atoms with E-state index in [0.29, 0.717) is 6.54 Å². The lowest BCUT2D eigenvalue weighted by Crippen LogP contribution is -2.41. The van der Waals surface area contributed by atoms with Crippen LogP contribution in [0.1, 0.15) is 22.2 Å². The van der Waals surface area contributed by atoms with Crippen LogP contribution in [0.3, 0.4) is 0 Å². The fourth-order valence-corrected chi connectivity index (χ4v) is 4.16. The van der Waals surface area contributed by atoms with Crippen LogP contribution < -0.4 is 10.2 Å². The Morgan fingerprint density at radius 1 is 1.25 bits per heavy atom. The number of rotatable bonds is 5. The third kappa shape index (κ3) is 4.24. The number of hydrogen-bond donors (Lipinski definition) is 1. The number of carbonyl (C=O) groups is 1. The molecule has 0 bridgehead atoms. The molecule has 1 aromatic carbocycles. The van der Waals surface area contributed by atoms with Gasteiger partial charge in [-0.15, -0.1) is 11.3 Å². The minimum absolute atomic E-state index is 0.0556. The molecule has 0 radical (unpaired) electrons. The Kier molecular flexibility index (Phi) is 5.69. The lowest BCUT2D eigenvalue weighted by Gasteiger charge is -2.32. The molecule has 2 aromatic heterocycles. The van der Waals surface area contributed by atoms with Gasteiger partial charge in [-0.3, -0.25) is 4.79 Å². The van der Waals surface area contributed by atoms with Crippen LogP contribution in [0.4, 0.5) is 5.82 Å². The highest BCUT2D eigenvalue weighted by Crippen LogP contribution is 2.28. The number of thiophene rings is 1. The molecular weight excluding hydrogens is 370 g/mol. The summed E-state index contributed by atoms with van der Waals surface area (Å²) in [5.41, 5.74) is 3.01. The summed E-state index contributed by atoms with van der Waals surface area (Å²) in [6.45, 7) is 4.96. The largest absolute Gasteiger partial charge is 0.375 e. The van der Waals surface area contributed by atoms with Gasteiger partial charge in [-0.1, -0.05) is 36.4 Å². The average molecular weight is 394 g/mol. The number of amides is 1. The number of anilines is 1. The first-order valence-corrected chi connectivity index (χ1v) is 10.3. The normalized spacial score (nSPS) is 16.8. The van der Waals surface area contributed by atoms with E-state index in [2.05, 4.69) is 22.1 Å². The molecule has 1 fully saturated rings. The molecule has 0 spiro atoms. The summed E-state index contributed by atoms with van der Waals surface area (Å²) in [5, 5.41) is 4.97. The Balaban J connectivity index is 1.39. The summed E-state index contributed by atoms with van der Waals surface area (Å²) < 4.78 is 5.58. The highest BCUT2D eigenvalue weighted by molar-refractivity contribution is 7.12. The number of pyridine rings is 1. The van der Waals surface area contributed by atoms with Crippen molar-refractivity contribution in [3.63, 3.8) is 0 Å². The molecular formula is C22H23N3O2S. The predicted molar refractivity (Wildman–Crippen MR) is 113 cm³/mol. The van der Waals surface area contributed by atoms with E-state index in [0.717, 1.165) is 47.1 Å². The maximum absolute atomic E-state index is 12.7. The topological polar surface area (TPSA) is 54.5 Å². The molecule has 6 heteroatoms. The average Bonchev–Trinajstić information content (AvgIpc) is 3.23. The molecule has 1 amide bonds. The maximum atomic E-state index is 12.7. The van der Waals surface area contributed by atoms with Gasteiger partial charge in [-0.25, -0.2) is 4.98 Å². The molecule has 1 N–H and O–H groups in total. The molecule has 1 unspecified atom stereocenters. The summed E-state index contributed by atoms with van der Waals surface area (Å²) in [7, 11) is 0. The monoisotopic (exact) mass is 393 g/mol. The quantitative estimate of drug-likeness (QED) is 0.713. The van der Waals surface area contributed by atoms with Gasteiger partial charge in [-0.05, 0) is 35.6 Å². The number of carbonyl (C=O) groups excluding carboxylic acids is 1. The molecule has 4 rings (SSSR count). The Morgan fingerprint density at radius 2 is 2.11 bits per heavy atom. The van der Waals surface area contributed by atoms with Crippen molar-refractivity contribution in [3.8, 4) is 11.1 Å². The van der Waals surface area contributed by atoms with Crippen LogP contribution in [0, 0.1) is 0 Å². The van der Waals surface area contributed by atoms with Gasteiger partial charge in [0.15, 0.2) is 0 Å².